The van der Waals surface area contributed by atoms with E-state index in [1.807, 2.05) is 43.3 Å². The van der Waals surface area contributed by atoms with Crippen LogP contribution in [0.15, 0.2) is 59.8 Å². The van der Waals surface area contributed by atoms with Crippen LogP contribution in [0.2, 0.25) is 0 Å². The molecule has 5 nitrogen and oxygen atoms in total. The van der Waals surface area contributed by atoms with Gasteiger partial charge >= 0.3 is 0 Å². The topological polar surface area (TPSA) is 65.4 Å². The van der Waals surface area contributed by atoms with E-state index in [2.05, 4.69) is 36.1 Å². The van der Waals surface area contributed by atoms with Gasteiger partial charge in [0.15, 0.2) is 0 Å². The zero-order valence-electron chi connectivity index (χ0n) is 14.7. The minimum Gasteiger partial charge on any atom is -0.457 e. The van der Waals surface area contributed by atoms with Crippen LogP contribution in [0.25, 0.3) is 0 Å². The van der Waals surface area contributed by atoms with E-state index >= 15 is 0 Å². The fraction of sp³-hybridized carbons (Fsp3) is 0.200. The van der Waals surface area contributed by atoms with Gasteiger partial charge in [-0.3, -0.25) is 0 Å². The third-order valence-electron chi connectivity index (χ3n) is 3.83. The van der Waals surface area contributed by atoms with Crippen molar-refractivity contribution in [3.63, 3.8) is 0 Å². The van der Waals surface area contributed by atoms with Gasteiger partial charge in [-0.1, -0.05) is 26.0 Å². The zero-order chi connectivity index (χ0) is 17.8. The van der Waals surface area contributed by atoms with Gasteiger partial charge in [-0.15, -0.1) is 0 Å². The number of hydrogen-bond acceptors (Lipinski definition) is 4. The van der Waals surface area contributed by atoms with Crippen molar-refractivity contribution >= 4 is 12.2 Å². The second kappa shape index (κ2) is 7.21. The molecule has 1 aromatic heterocycles. The lowest BCUT2D eigenvalue weighted by Crippen LogP contribution is -1.96. The summed E-state index contributed by atoms with van der Waals surface area (Å²) in [6, 6.07) is 15.9. The second-order valence-electron chi connectivity index (χ2n) is 6.22. The lowest BCUT2D eigenvalue weighted by atomic mass is 10.0. The minimum atomic E-state index is 0.374. The quantitative estimate of drug-likeness (QED) is 0.695. The molecule has 5 heteroatoms. The van der Waals surface area contributed by atoms with Crippen molar-refractivity contribution in [1.82, 2.24) is 9.66 Å². The molecule has 3 aromatic rings. The molecule has 0 saturated heterocycles. The van der Waals surface area contributed by atoms with E-state index in [0.29, 0.717) is 11.9 Å². The number of nitrogen functional groups attached to an aromatic ring is 1. The molecule has 0 aliphatic heterocycles. The van der Waals surface area contributed by atoms with Gasteiger partial charge in [0.25, 0.3) is 0 Å². The van der Waals surface area contributed by atoms with Crippen molar-refractivity contribution in [3.8, 4) is 11.5 Å². The Hall–Kier alpha value is -3.08. The molecule has 0 amide bonds. The monoisotopic (exact) mass is 334 g/mol. The van der Waals surface area contributed by atoms with Crippen LogP contribution >= 0.6 is 0 Å². The summed E-state index contributed by atoms with van der Waals surface area (Å²) in [5, 5.41) is 4.30. The Morgan fingerprint density at radius 2 is 1.64 bits per heavy atom. The lowest BCUT2D eigenvalue weighted by molar-refractivity contribution is 0.482. The van der Waals surface area contributed by atoms with Crippen LogP contribution in [0.3, 0.4) is 0 Å². The highest BCUT2D eigenvalue weighted by Crippen LogP contribution is 2.24. The summed E-state index contributed by atoms with van der Waals surface area (Å²) in [4.78, 5) is 4.11. The highest BCUT2D eigenvalue weighted by atomic mass is 16.5. The van der Waals surface area contributed by atoms with E-state index in [0.717, 1.165) is 22.8 Å². The molecule has 0 aliphatic carbocycles. The summed E-state index contributed by atoms with van der Waals surface area (Å²) in [7, 11) is 0. The molecular weight excluding hydrogens is 312 g/mol. The van der Waals surface area contributed by atoms with Crippen LogP contribution in [0.5, 0.6) is 11.5 Å². The van der Waals surface area contributed by atoms with E-state index in [1.54, 1.807) is 17.1 Å². The Balaban J connectivity index is 1.66. The Morgan fingerprint density at radius 3 is 2.16 bits per heavy atom. The number of imidazole rings is 1. The van der Waals surface area contributed by atoms with Crippen molar-refractivity contribution in [2.24, 2.45) is 5.10 Å². The van der Waals surface area contributed by atoms with Crippen molar-refractivity contribution in [2.45, 2.75) is 26.7 Å². The number of hydrogen-bond donors (Lipinski definition) is 1. The van der Waals surface area contributed by atoms with Gasteiger partial charge < -0.3 is 10.5 Å². The molecule has 3 rings (SSSR count). The summed E-state index contributed by atoms with van der Waals surface area (Å²) in [5.74, 6) is 2.50. The van der Waals surface area contributed by atoms with Crippen LogP contribution < -0.4 is 10.5 Å². The molecule has 0 unspecified atom stereocenters. The third-order valence-corrected chi connectivity index (χ3v) is 3.83. The van der Waals surface area contributed by atoms with E-state index in [1.165, 1.54) is 5.56 Å². The molecule has 0 saturated carbocycles. The van der Waals surface area contributed by atoms with Crippen molar-refractivity contribution in [1.29, 1.82) is 0 Å². The van der Waals surface area contributed by atoms with Gasteiger partial charge in [0.2, 0.25) is 5.95 Å². The number of anilines is 1. The fourth-order valence-electron chi connectivity index (χ4n) is 2.40. The second-order valence-corrected chi connectivity index (χ2v) is 6.22. The number of aromatic nitrogens is 2. The largest absolute Gasteiger partial charge is 0.457 e. The normalized spacial score (nSPS) is 11.4. The standard InChI is InChI=1S/C20H22N4O/c1-14(2)17-6-10-19(11-7-17)25-18-8-4-16(5-9-18)12-22-24-13-15(3)23-20(24)21/h4-14H,1-3H3,(H2,21,23). The molecule has 1 heterocycles. The fourth-order valence-corrected chi connectivity index (χ4v) is 2.40. The maximum absolute atomic E-state index is 5.87. The number of aryl methyl sites for hydroxylation is 1. The summed E-state index contributed by atoms with van der Waals surface area (Å²) in [6.07, 6.45) is 3.52. The van der Waals surface area contributed by atoms with Crippen LogP contribution in [-0.4, -0.2) is 15.9 Å². The first-order chi connectivity index (χ1) is 12.0. The van der Waals surface area contributed by atoms with E-state index in [9.17, 15) is 0 Å². The molecule has 0 bridgehead atoms. The highest BCUT2D eigenvalue weighted by molar-refractivity contribution is 5.79. The first kappa shape index (κ1) is 16.8. The average molecular weight is 334 g/mol. The van der Waals surface area contributed by atoms with E-state index in [4.69, 9.17) is 10.5 Å². The zero-order valence-corrected chi connectivity index (χ0v) is 14.7. The van der Waals surface area contributed by atoms with Crippen LogP contribution in [0.1, 0.15) is 36.6 Å². The van der Waals surface area contributed by atoms with Gasteiger partial charge in [0.1, 0.15) is 11.5 Å². The average Bonchev–Trinajstić information content (AvgIpc) is 2.92. The summed E-state index contributed by atoms with van der Waals surface area (Å²) in [5.41, 5.74) is 8.85. The van der Waals surface area contributed by atoms with Gasteiger partial charge in [-0.25, -0.2) is 9.66 Å². The van der Waals surface area contributed by atoms with Gasteiger partial charge in [-0.2, -0.15) is 5.10 Å². The number of benzene rings is 2. The van der Waals surface area contributed by atoms with Crippen molar-refractivity contribution in [2.75, 3.05) is 5.73 Å². The predicted molar refractivity (Wildman–Crippen MR) is 101 cm³/mol. The maximum Gasteiger partial charge on any atom is 0.221 e. The van der Waals surface area contributed by atoms with E-state index in [-0.39, 0.29) is 0 Å². The first-order valence-electron chi connectivity index (χ1n) is 8.25. The van der Waals surface area contributed by atoms with Crippen molar-refractivity contribution < 1.29 is 4.74 Å². The smallest absolute Gasteiger partial charge is 0.221 e. The summed E-state index contributed by atoms with van der Waals surface area (Å²) >= 11 is 0. The Morgan fingerprint density at radius 1 is 1.04 bits per heavy atom. The van der Waals surface area contributed by atoms with Crippen LogP contribution in [0.4, 0.5) is 5.95 Å². The molecule has 0 aliphatic rings. The van der Waals surface area contributed by atoms with Crippen molar-refractivity contribution in [3.05, 3.63) is 71.5 Å². The molecule has 0 spiro atoms. The molecule has 25 heavy (non-hydrogen) atoms. The Labute approximate surface area is 147 Å². The molecule has 2 aromatic carbocycles. The van der Waals surface area contributed by atoms with Crippen LogP contribution in [-0.2, 0) is 0 Å². The van der Waals surface area contributed by atoms with Gasteiger partial charge in [-0.05, 0) is 60.4 Å². The number of ether oxygens (including phenoxy) is 1. The molecule has 0 fully saturated rings. The Bertz CT molecular complexity index is 862. The molecule has 0 radical (unpaired) electrons. The summed E-state index contributed by atoms with van der Waals surface area (Å²) < 4.78 is 7.43. The van der Waals surface area contributed by atoms with Gasteiger partial charge in [0.05, 0.1) is 18.1 Å². The molecule has 0 atom stereocenters. The Kier molecular flexibility index (Phi) is 4.84. The number of rotatable bonds is 5. The van der Waals surface area contributed by atoms with Gasteiger partial charge in [0, 0.05) is 0 Å². The minimum absolute atomic E-state index is 0.374. The third kappa shape index (κ3) is 4.26. The number of nitrogens with zero attached hydrogens (tertiary/aromatic N) is 3. The lowest BCUT2D eigenvalue weighted by Gasteiger charge is -2.08. The number of nitrogens with two attached hydrogens (primary N) is 1. The molecule has 128 valence electrons. The predicted octanol–water partition coefficient (Wildman–Crippen LogP) is 4.57. The maximum atomic E-state index is 5.87. The molecule has 2 N–H and O–H groups in total. The first-order valence-corrected chi connectivity index (χ1v) is 8.25. The van der Waals surface area contributed by atoms with E-state index < -0.39 is 0 Å². The van der Waals surface area contributed by atoms with Crippen LogP contribution in [0, 0.1) is 6.92 Å². The summed E-state index contributed by atoms with van der Waals surface area (Å²) in [6.45, 7) is 6.23. The molecular formula is C20H22N4O. The highest BCUT2D eigenvalue weighted by Gasteiger charge is 2.02. The SMILES string of the molecule is Cc1cn(N=Cc2ccc(Oc3ccc(C(C)C)cc3)cc2)c(N)n1.